The number of nitrogens with zero attached hydrogens (tertiary/aromatic N) is 2. The van der Waals surface area contributed by atoms with Crippen LogP contribution in [0.1, 0.15) is 48.1 Å². The molecule has 2 heterocycles. The number of aliphatic hydroxyl groups excluding tert-OH is 1. The molecule has 39 heavy (non-hydrogen) atoms. The van der Waals surface area contributed by atoms with Crippen LogP contribution in [0.15, 0.2) is 60.2 Å². The van der Waals surface area contributed by atoms with Gasteiger partial charge < -0.3 is 9.84 Å². The van der Waals surface area contributed by atoms with Crippen molar-refractivity contribution in [3.63, 3.8) is 0 Å². The number of amides is 1. The molecule has 1 amide bonds. The van der Waals surface area contributed by atoms with Gasteiger partial charge in [0.2, 0.25) is 0 Å². The zero-order valence-corrected chi connectivity index (χ0v) is 24.0. The smallest absolute Gasteiger partial charge is 0.301 e. The van der Waals surface area contributed by atoms with Gasteiger partial charge in [0.1, 0.15) is 11.5 Å². The number of carbonyl (C=O) groups excluding carboxylic acids is 2. The summed E-state index contributed by atoms with van der Waals surface area (Å²) in [6.45, 7) is 6.55. The highest BCUT2D eigenvalue weighted by atomic mass is 35.5. The number of rotatable bonds is 7. The molecular weight excluding hydrogens is 555 g/mol. The van der Waals surface area contributed by atoms with Gasteiger partial charge in [0.15, 0.2) is 5.13 Å². The average molecular weight is 582 g/mol. The van der Waals surface area contributed by atoms with Crippen molar-refractivity contribution in [1.82, 2.24) is 4.98 Å². The first-order valence-electron chi connectivity index (χ1n) is 12.6. The molecule has 0 spiro atoms. The molecule has 1 aliphatic heterocycles. The number of thiazole rings is 1. The van der Waals surface area contributed by atoms with Crippen LogP contribution >= 0.6 is 34.5 Å². The predicted molar refractivity (Wildman–Crippen MR) is 157 cm³/mol. The SMILES string of the molecule is CCCCOc1cccc(/C(O)=C2\C(=O)C(=O)N(c3nc4c(C)cc(C)cc4s3)C2c2ccc(Cl)c(Cl)c2)c1. The van der Waals surface area contributed by atoms with Crippen LogP contribution in [0.25, 0.3) is 16.0 Å². The lowest BCUT2D eigenvalue weighted by Gasteiger charge is -2.23. The Morgan fingerprint density at radius 1 is 1.08 bits per heavy atom. The van der Waals surface area contributed by atoms with E-state index in [1.165, 1.54) is 16.2 Å². The van der Waals surface area contributed by atoms with Gasteiger partial charge in [0.25, 0.3) is 5.78 Å². The Hall–Kier alpha value is -3.39. The van der Waals surface area contributed by atoms with Crippen molar-refractivity contribution in [2.45, 2.75) is 39.7 Å². The summed E-state index contributed by atoms with van der Waals surface area (Å²) < 4.78 is 6.69. The Kier molecular flexibility index (Phi) is 7.67. The highest BCUT2D eigenvalue weighted by Crippen LogP contribution is 2.45. The van der Waals surface area contributed by atoms with Crippen LogP contribution in [0.3, 0.4) is 0 Å². The molecule has 1 fully saturated rings. The summed E-state index contributed by atoms with van der Waals surface area (Å²) in [6, 6.07) is 14.8. The Balaban J connectivity index is 1.68. The van der Waals surface area contributed by atoms with Gasteiger partial charge in [-0.3, -0.25) is 14.5 Å². The van der Waals surface area contributed by atoms with E-state index in [2.05, 4.69) is 6.92 Å². The molecule has 1 aliphatic rings. The van der Waals surface area contributed by atoms with Gasteiger partial charge in [0.05, 0.1) is 38.5 Å². The maximum absolute atomic E-state index is 13.6. The number of aliphatic hydroxyl groups is 1. The van der Waals surface area contributed by atoms with Crippen molar-refractivity contribution >= 4 is 67.3 Å². The Labute approximate surface area is 240 Å². The molecule has 4 aromatic rings. The fraction of sp³-hybridized carbons (Fsp3) is 0.233. The largest absolute Gasteiger partial charge is 0.507 e. The second kappa shape index (κ2) is 11.0. The number of aromatic nitrogens is 1. The number of ketones is 1. The minimum absolute atomic E-state index is 0.0590. The molecule has 1 aromatic heterocycles. The monoisotopic (exact) mass is 580 g/mol. The zero-order valence-electron chi connectivity index (χ0n) is 21.6. The fourth-order valence-corrected chi connectivity index (χ4v) is 6.19. The van der Waals surface area contributed by atoms with E-state index in [-0.39, 0.29) is 16.4 Å². The maximum atomic E-state index is 13.6. The second-order valence-corrected chi connectivity index (χ2v) is 11.3. The van der Waals surface area contributed by atoms with Crippen LogP contribution in [0, 0.1) is 13.8 Å². The van der Waals surface area contributed by atoms with Crippen molar-refractivity contribution in [2.24, 2.45) is 0 Å². The Morgan fingerprint density at radius 3 is 2.62 bits per heavy atom. The van der Waals surface area contributed by atoms with Crippen LogP contribution in [0.4, 0.5) is 5.13 Å². The van der Waals surface area contributed by atoms with Gasteiger partial charge in [-0.05, 0) is 67.3 Å². The van der Waals surface area contributed by atoms with E-state index in [1.807, 2.05) is 26.0 Å². The first-order chi connectivity index (χ1) is 18.7. The molecule has 1 unspecified atom stereocenters. The topological polar surface area (TPSA) is 79.7 Å². The lowest BCUT2D eigenvalue weighted by atomic mass is 9.95. The summed E-state index contributed by atoms with van der Waals surface area (Å²) >= 11 is 13.9. The van der Waals surface area contributed by atoms with E-state index in [0.717, 1.165) is 34.2 Å². The summed E-state index contributed by atoms with van der Waals surface area (Å²) in [4.78, 5) is 33.2. The third-order valence-electron chi connectivity index (χ3n) is 6.60. The molecule has 3 aromatic carbocycles. The third kappa shape index (κ3) is 5.14. The van der Waals surface area contributed by atoms with E-state index in [9.17, 15) is 14.7 Å². The number of ether oxygens (including phenoxy) is 1. The number of hydrogen-bond donors (Lipinski definition) is 1. The number of carbonyl (C=O) groups is 2. The average Bonchev–Trinajstić information content (AvgIpc) is 3.44. The molecule has 1 atom stereocenters. The number of aryl methyl sites for hydroxylation is 2. The molecule has 1 saturated heterocycles. The quantitative estimate of drug-likeness (QED) is 0.103. The normalized spacial score (nSPS) is 16.8. The Bertz CT molecular complexity index is 1650. The minimum atomic E-state index is -0.966. The standard InChI is InChI=1S/C30H26Cl2N2O4S/c1-4-5-11-38-20-8-6-7-19(14-20)27(35)24-26(18-9-10-21(31)22(32)15-18)34(29(37)28(24)36)30-33-25-17(3)12-16(2)13-23(25)39-30/h6-10,12-15,26,35H,4-5,11H2,1-3H3/b27-24+. The summed E-state index contributed by atoms with van der Waals surface area (Å²) in [6.07, 6.45) is 1.87. The second-order valence-electron chi connectivity index (χ2n) is 9.50. The summed E-state index contributed by atoms with van der Waals surface area (Å²) in [5.74, 6) is -1.34. The summed E-state index contributed by atoms with van der Waals surface area (Å²) in [7, 11) is 0. The summed E-state index contributed by atoms with van der Waals surface area (Å²) in [5.41, 5.74) is 3.62. The number of benzene rings is 3. The fourth-order valence-electron chi connectivity index (χ4n) is 4.71. The molecule has 0 radical (unpaired) electrons. The number of fused-ring (bicyclic) bond motifs is 1. The van der Waals surface area contributed by atoms with Crippen LogP contribution in [0.2, 0.25) is 10.0 Å². The molecule has 1 N–H and O–H groups in total. The highest BCUT2D eigenvalue weighted by Gasteiger charge is 2.48. The molecule has 0 bridgehead atoms. The van der Waals surface area contributed by atoms with E-state index in [1.54, 1.807) is 42.5 Å². The predicted octanol–water partition coefficient (Wildman–Crippen LogP) is 8.03. The summed E-state index contributed by atoms with van der Waals surface area (Å²) in [5, 5.41) is 12.4. The van der Waals surface area contributed by atoms with Gasteiger partial charge in [-0.1, -0.05) is 72.1 Å². The first kappa shape index (κ1) is 27.2. The van der Waals surface area contributed by atoms with Crippen LogP contribution < -0.4 is 9.64 Å². The van der Waals surface area contributed by atoms with Crippen LogP contribution in [-0.2, 0) is 9.59 Å². The van der Waals surface area contributed by atoms with Crippen molar-refractivity contribution in [1.29, 1.82) is 0 Å². The van der Waals surface area contributed by atoms with Crippen molar-refractivity contribution in [3.8, 4) is 5.75 Å². The van der Waals surface area contributed by atoms with Gasteiger partial charge >= 0.3 is 5.91 Å². The number of halogens is 2. The minimum Gasteiger partial charge on any atom is -0.507 e. The number of Topliss-reactive ketones (excluding diaryl/α,β-unsaturated/α-hetero) is 1. The molecule has 6 nitrogen and oxygen atoms in total. The lowest BCUT2D eigenvalue weighted by Crippen LogP contribution is -2.29. The lowest BCUT2D eigenvalue weighted by molar-refractivity contribution is -0.132. The highest BCUT2D eigenvalue weighted by molar-refractivity contribution is 7.22. The molecule has 200 valence electrons. The first-order valence-corrected chi connectivity index (χ1v) is 14.1. The Morgan fingerprint density at radius 2 is 1.87 bits per heavy atom. The molecule has 0 saturated carbocycles. The zero-order chi connectivity index (χ0) is 27.8. The van der Waals surface area contributed by atoms with Gasteiger partial charge in [-0.15, -0.1) is 0 Å². The number of anilines is 1. The van der Waals surface area contributed by atoms with Crippen molar-refractivity contribution in [3.05, 3.63) is 92.5 Å². The van der Waals surface area contributed by atoms with Gasteiger partial charge in [-0.2, -0.15) is 0 Å². The van der Waals surface area contributed by atoms with Crippen LogP contribution in [-0.4, -0.2) is 28.4 Å². The van der Waals surface area contributed by atoms with Crippen LogP contribution in [0.5, 0.6) is 5.75 Å². The van der Waals surface area contributed by atoms with E-state index >= 15 is 0 Å². The number of hydrogen-bond acceptors (Lipinski definition) is 6. The number of unbranched alkanes of at least 4 members (excludes halogenated alkanes) is 1. The van der Waals surface area contributed by atoms with Crippen molar-refractivity contribution < 1.29 is 19.4 Å². The maximum Gasteiger partial charge on any atom is 0.301 e. The van der Waals surface area contributed by atoms with Gasteiger partial charge in [-0.25, -0.2) is 4.98 Å². The molecule has 9 heteroatoms. The van der Waals surface area contributed by atoms with Crippen molar-refractivity contribution in [2.75, 3.05) is 11.5 Å². The van der Waals surface area contributed by atoms with E-state index in [0.29, 0.717) is 33.6 Å². The van der Waals surface area contributed by atoms with Gasteiger partial charge in [0, 0.05) is 5.56 Å². The van der Waals surface area contributed by atoms with E-state index in [4.69, 9.17) is 32.9 Å². The molecule has 0 aliphatic carbocycles. The molecule has 5 rings (SSSR count). The third-order valence-corrected chi connectivity index (χ3v) is 8.34. The molecular formula is C30H26Cl2N2O4S. The van der Waals surface area contributed by atoms with E-state index < -0.39 is 17.7 Å².